The van der Waals surface area contributed by atoms with Gasteiger partial charge in [-0.3, -0.25) is 0 Å². The minimum absolute atomic E-state index is 0.213. The molecule has 0 aliphatic heterocycles. The Balaban J connectivity index is 2.89. The second-order valence-corrected chi connectivity index (χ2v) is 4.44. The predicted molar refractivity (Wildman–Crippen MR) is 68.7 cm³/mol. The topological polar surface area (TPSA) is 61.0 Å². The largest absolute Gasteiger partial charge is 0.378 e. The van der Waals surface area contributed by atoms with E-state index in [1.807, 2.05) is 6.92 Å². The Morgan fingerprint density at radius 1 is 1.29 bits per heavy atom. The number of rotatable bonds is 7. The van der Waals surface area contributed by atoms with E-state index in [9.17, 15) is 0 Å². The fourth-order valence-corrected chi connectivity index (χ4v) is 1.87. The fourth-order valence-electron chi connectivity index (χ4n) is 1.87. The molecule has 0 bridgehead atoms. The van der Waals surface area contributed by atoms with Crippen LogP contribution in [0.5, 0.6) is 0 Å². The van der Waals surface area contributed by atoms with Gasteiger partial charge in [-0.25, -0.2) is 9.97 Å². The Morgan fingerprint density at radius 2 is 2.00 bits per heavy atom. The first-order chi connectivity index (χ1) is 8.19. The van der Waals surface area contributed by atoms with Crippen LogP contribution in [0.25, 0.3) is 0 Å². The monoisotopic (exact) mass is 237 g/mol. The van der Waals surface area contributed by atoms with Crippen molar-refractivity contribution in [2.24, 2.45) is 5.73 Å². The van der Waals surface area contributed by atoms with Crippen LogP contribution in [-0.2, 0) is 24.2 Å². The van der Waals surface area contributed by atoms with E-state index in [0.29, 0.717) is 6.61 Å². The van der Waals surface area contributed by atoms with E-state index in [4.69, 9.17) is 10.5 Å². The summed E-state index contributed by atoms with van der Waals surface area (Å²) in [6.07, 6.45) is 5.61. The van der Waals surface area contributed by atoms with Crippen molar-refractivity contribution >= 4 is 0 Å². The van der Waals surface area contributed by atoms with E-state index < -0.39 is 0 Å². The zero-order valence-corrected chi connectivity index (χ0v) is 11.1. The Morgan fingerprint density at radius 3 is 2.59 bits per heavy atom. The summed E-state index contributed by atoms with van der Waals surface area (Å²) < 4.78 is 5.18. The molecule has 1 heterocycles. The lowest BCUT2D eigenvalue weighted by Gasteiger charge is -2.12. The Labute approximate surface area is 104 Å². The number of ether oxygens (including phenoxy) is 1. The zero-order valence-electron chi connectivity index (χ0n) is 11.1. The van der Waals surface area contributed by atoms with E-state index in [2.05, 4.69) is 16.9 Å². The van der Waals surface area contributed by atoms with Crippen molar-refractivity contribution in [3.63, 3.8) is 0 Å². The molecular weight excluding hydrogens is 214 g/mol. The number of aryl methyl sites for hydroxylation is 1. The Bertz CT molecular complexity index is 339. The average Bonchev–Trinajstić information content (AvgIpc) is 2.30. The summed E-state index contributed by atoms with van der Waals surface area (Å²) in [7, 11) is 1.69. The summed E-state index contributed by atoms with van der Waals surface area (Å²) in [5, 5.41) is 0. The van der Waals surface area contributed by atoms with Crippen molar-refractivity contribution in [1.82, 2.24) is 9.97 Å². The highest BCUT2D eigenvalue weighted by Gasteiger charge is 2.10. The summed E-state index contributed by atoms with van der Waals surface area (Å²) >= 11 is 0. The second-order valence-electron chi connectivity index (χ2n) is 4.44. The number of nitrogens with two attached hydrogens (primary N) is 1. The molecule has 0 spiro atoms. The fraction of sp³-hybridized carbons (Fsp3) is 0.692. The number of hydrogen-bond donors (Lipinski definition) is 1. The molecule has 1 atom stereocenters. The van der Waals surface area contributed by atoms with Crippen LogP contribution in [0.15, 0.2) is 6.33 Å². The molecule has 1 aromatic heterocycles. The molecule has 1 unspecified atom stereocenters. The van der Waals surface area contributed by atoms with Crippen LogP contribution >= 0.6 is 0 Å². The minimum atomic E-state index is 0.213. The molecule has 2 N–H and O–H groups in total. The van der Waals surface area contributed by atoms with Crippen LogP contribution in [0.3, 0.4) is 0 Å². The van der Waals surface area contributed by atoms with Crippen molar-refractivity contribution < 1.29 is 4.74 Å². The molecule has 17 heavy (non-hydrogen) atoms. The van der Waals surface area contributed by atoms with Crippen molar-refractivity contribution in [2.45, 2.75) is 52.2 Å². The number of methoxy groups -OCH3 is 1. The van der Waals surface area contributed by atoms with Gasteiger partial charge in [0.05, 0.1) is 12.3 Å². The molecule has 0 saturated carbocycles. The Hall–Kier alpha value is -1.00. The molecule has 1 rings (SSSR count). The van der Waals surface area contributed by atoms with Gasteiger partial charge in [-0.05, 0) is 31.7 Å². The van der Waals surface area contributed by atoms with Crippen molar-refractivity contribution in [2.75, 3.05) is 7.11 Å². The third-order valence-corrected chi connectivity index (χ3v) is 2.74. The molecule has 1 aromatic rings. The number of aromatic nitrogens is 2. The highest BCUT2D eigenvalue weighted by molar-refractivity contribution is 5.25. The third kappa shape index (κ3) is 4.40. The van der Waals surface area contributed by atoms with Crippen molar-refractivity contribution in [1.29, 1.82) is 0 Å². The van der Waals surface area contributed by atoms with E-state index in [1.54, 1.807) is 13.4 Å². The molecule has 96 valence electrons. The van der Waals surface area contributed by atoms with Crippen LogP contribution in [0.2, 0.25) is 0 Å². The van der Waals surface area contributed by atoms with Gasteiger partial charge in [0.1, 0.15) is 6.33 Å². The van der Waals surface area contributed by atoms with Gasteiger partial charge in [-0.2, -0.15) is 0 Å². The predicted octanol–water partition coefficient (Wildman–Crippen LogP) is 1.86. The summed E-state index contributed by atoms with van der Waals surface area (Å²) in [5.41, 5.74) is 9.19. The normalized spacial score (nSPS) is 12.7. The quantitative estimate of drug-likeness (QED) is 0.786. The maximum atomic E-state index is 5.79. The zero-order chi connectivity index (χ0) is 12.7. The van der Waals surface area contributed by atoms with Gasteiger partial charge in [-0.1, -0.05) is 13.3 Å². The van der Waals surface area contributed by atoms with E-state index in [1.165, 1.54) is 5.56 Å². The van der Waals surface area contributed by atoms with Crippen LogP contribution in [0.4, 0.5) is 0 Å². The van der Waals surface area contributed by atoms with Gasteiger partial charge < -0.3 is 10.5 Å². The van der Waals surface area contributed by atoms with Gasteiger partial charge in [0.2, 0.25) is 0 Å². The lowest BCUT2D eigenvalue weighted by Crippen LogP contribution is -2.17. The molecule has 0 amide bonds. The second kappa shape index (κ2) is 7.35. The van der Waals surface area contributed by atoms with E-state index >= 15 is 0 Å². The summed E-state index contributed by atoms with van der Waals surface area (Å²) in [6, 6.07) is 0.213. The molecule has 4 heteroatoms. The average molecular weight is 237 g/mol. The number of hydrogen-bond acceptors (Lipinski definition) is 4. The first-order valence-corrected chi connectivity index (χ1v) is 6.25. The highest BCUT2D eigenvalue weighted by Crippen LogP contribution is 2.15. The molecule has 0 aliphatic carbocycles. The summed E-state index contributed by atoms with van der Waals surface area (Å²) in [4.78, 5) is 8.70. The lowest BCUT2D eigenvalue weighted by atomic mass is 10.0. The summed E-state index contributed by atoms with van der Waals surface area (Å²) in [6.45, 7) is 4.75. The standard InChI is InChI=1S/C13H23N3O/c1-4-5-11-12(7-6-10(2)14)15-9-16-13(11)8-17-3/h9-10H,4-8,14H2,1-3H3. The van der Waals surface area contributed by atoms with Gasteiger partial charge >= 0.3 is 0 Å². The van der Waals surface area contributed by atoms with Crippen LogP contribution in [0.1, 0.15) is 43.6 Å². The van der Waals surface area contributed by atoms with Gasteiger partial charge in [-0.15, -0.1) is 0 Å². The maximum Gasteiger partial charge on any atom is 0.116 e. The van der Waals surface area contributed by atoms with Crippen molar-refractivity contribution in [3.05, 3.63) is 23.3 Å². The third-order valence-electron chi connectivity index (χ3n) is 2.74. The molecule has 0 saturated heterocycles. The molecule has 0 aromatic carbocycles. The maximum absolute atomic E-state index is 5.79. The molecular formula is C13H23N3O. The lowest BCUT2D eigenvalue weighted by molar-refractivity contribution is 0.180. The smallest absolute Gasteiger partial charge is 0.116 e. The van der Waals surface area contributed by atoms with Gasteiger partial charge in [0.25, 0.3) is 0 Å². The van der Waals surface area contributed by atoms with Crippen LogP contribution in [0, 0.1) is 0 Å². The first-order valence-electron chi connectivity index (χ1n) is 6.25. The van der Waals surface area contributed by atoms with E-state index in [0.717, 1.165) is 37.1 Å². The van der Waals surface area contributed by atoms with Crippen molar-refractivity contribution in [3.8, 4) is 0 Å². The SMILES string of the molecule is CCCc1c(CCC(C)N)ncnc1COC. The summed E-state index contributed by atoms with van der Waals surface area (Å²) in [5.74, 6) is 0. The molecule has 4 nitrogen and oxygen atoms in total. The van der Waals surface area contributed by atoms with Gasteiger partial charge in [0, 0.05) is 18.8 Å². The Kier molecular flexibility index (Phi) is 6.08. The molecule has 0 aliphatic rings. The van der Waals surface area contributed by atoms with Crippen LogP contribution in [-0.4, -0.2) is 23.1 Å². The molecule has 0 radical (unpaired) electrons. The van der Waals surface area contributed by atoms with Crippen LogP contribution < -0.4 is 5.73 Å². The molecule has 0 fully saturated rings. The minimum Gasteiger partial charge on any atom is -0.378 e. The van der Waals surface area contributed by atoms with E-state index in [-0.39, 0.29) is 6.04 Å². The first kappa shape index (κ1) is 14.1. The highest BCUT2D eigenvalue weighted by atomic mass is 16.5. The number of nitrogens with zero attached hydrogens (tertiary/aromatic N) is 2. The van der Waals surface area contributed by atoms with Gasteiger partial charge in [0.15, 0.2) is 0 Å².